The number of aliphatic imine (C=N–C) groups is 1. The predicted molar refractivity (Wildman–Crippen MR) is 45.9 cm³/mol. The summed E-state index contributed by atoms with van der Waals surface area (Å²) in [5, 5.41) is 0. The number of ether oxygens (including phenoxy) is 1. The first-order valence-corrected chi connectivity index (χ1v) is 3.64. The van der Waals surface area contributed by atoms with Crippen molar-refractivity contribution < 1.29 is 9.53 Å². The fraction of sp³-hybridized carbons (Fsp3) is 0. The summed E-state index contributed by atoms with van der Waals surface area (Å²) in [6.45, 7) is 0. The molecule has 2 heterocycles. The van der Waals surface area contributed by atoms with Gasteiger partial charge in [0.05, 0.1) is 0 Å². The van der Waals surface area contributed by atoms with E-state index in [1.165, 1.54) is 18.7 Å². The van der Waals surface area contributed by atoms with Crippen LogP contribution < -0.4 is 5.73 Å². The summed E-state index contributed by atoms with van der Waals surface area (Å²) < 4.78 is 4.91. The topological polar surface area (TPSA) is 67.9 Å². The van der Waals surface area contributed by atoms with Gasteiger partial charge in [0, 0.05) is 18.6 Å². The van der Waals surface area contributed by atoms with Crippen LogP contribution in [0.4, 0.5) is 0 Å². The molecule has 13 heavy (non-hydrogen) atoms. The van der Waals surface area contributed by atoms with Crippen LogP contribution in [0.1, 0.15) is 0 Å². The van der Waals surface area contributed by atoms with E-state index in [-0.39, 0.29) is 5.71 Å². The van der Waals surface area contributed by atoms with Crippen LogP contribution in [-0.2, 0) is 9.53 Å². The fourth-order valence-electron chi connectivity index (χ4n) is 1.09. The van der Waals surface area contributed by atoms with Crippen molar-refractivity contribution in [3.8, 4) is 0 Å². The third kappa shape index (κ3) is 1.20. The molecule has 0 aromatic rings. The highest BCUT2D eigenvalue weighted by Gasteiger charge is 2.21. The van der Waals surface area contributed by atoms with Crippen LogP contribution in [0.3, 0.4) is 0 Å². The van der Waals surface area contributed by atoms with E-state index in [4.69, 9.17) is 10.5 Å². The third-order valence-electron chi connectivity index (χ3n) is 1.66. The molecular weight excluding hydrogens is 170 g/mol. The Bertz CT molecular complexity index is 366. The Morgan fingerprint density at radius 3 is 3.15 bits per heavy atom. The van der Waals surface area contributed by atoms with E-state index in [2.05, 4.69) is 4.99 Å². The van der Waals surface area contributed by atoms with Crippen molar-refractivity contribution >= 4 is 11.6 Å². The second kappa shape index (κ2) is 2.78. The summed E-state index contributed by atoms with van der Waals surface area (Å²) in [4.78, 5) is 16.5. The highest BCUT2D eigenvalue weighted by atomic mass is 16.5. The molecule has 0 atom stereocenters. The largest absolute Gasteiger partial charge is 0.469 e. The van der Waals surface area contributed by atoms with Crippen molar-refractivity contribution in [2.45, 2.75) is 0 Å². The molecule has 5 heteroatoms. The van der Waals surface area contributed by atoms with Crippen molar-refractivity contribution in [3.05, 3.63) is 36.8 Å². The van der Waals surface area contributed by atoms with Crippen molar-refractivity contribution in [3.63, 3.8) is 0 Å². The van der Waals surface area contributed by atoms with E-state index in [0.717, 1.165) is 0 Å². The Hall–Kier alpha value is -2.04. The lowest BCUT2D eigenvalue weighted by molar-refractivity contribution is -0.112. The van der Waals surface area contributed by atoms with Crippen molar-refractivity contribution in [2.75, 3.05) is 0 Å². The standard InChI is InChI=1S/C8H7N3O2/c9-8(12)7-6-5-13-4-3-11(6)2-1-10-7/h1-5H,(H2,9,12). The first kappa shape index (κ1) is 7.60. The molecule has 0 aromatic carbocycles. The maximum absolute atomic E-state index is 10.9. The van der Waals surface area contributed by atoms with Crippen LogP contribution in [0.15, 0.2) is 41.8 Å². The number of amides is 1. The summed E-state index contributed by atoms with van der Waals surface area (Å²) in [5.74, 6) is -0.570. The number of carbonyl (C=O) groups is 1. The van der Waals surface area contributed by atoms with Crippen molar-refractivity contribution in [1.29, 1.82) is 0 Å². The highest BCUT2D eigenvalue weighted by molar-refractivity contribution is 6.45. The number of rotatable bonds is 1. The molecule has 0 radical (unpaired) electrons. The number of nitrogens with zero attached hydrogens (tertiary/aromatic N) is 2. The SMILES string of the molecule is NC(=O)C1=NC=CN2C=COC=C12. The van der Waals surface area contributed by atoms with Crippen LogP contribution in [0.2, 0.25) is 0 Å². The van der Waals surface area contributed by atoms with Gasteiger partial charge in [0.2, 0.25) is 0 Å². The molecule has 0 aliphatic carbocycles. The first-order valence-electron chi connectivity index (χ1n) is 3.64. The summed E-state index contributed by atoms with van der Waals surface area (Å²) in [7, 11) is 0. The van der Waals surface area contributed by atoms with E-state index in [1.54, 1.807) is 17.3 Å². The van der Waals surface area contributed by atoms with Gasteiger partial charge < -0.3 is 15.4 Å². The maximum Gasteiger partial charge on any atom is 0.269 e. The van der Waals surface area contributed by atoms with E-state index < -0.39 is 5.91 Å². The van der Waals surface area contributed by atoms with Gasteiger partial charge in [0.1, 0.15) is 18.2 Å². The monoisotopic (exact) mass is 177 g/mol. The molecule has 2 aliphatic heterocycles. The summed E-state index contributed by atoms with van der Waals surface area (Å²) in [5.41, 5.74) is 5.88. The summed E-state index contributed by atoms with van der Waals surface area (Å²) in [6.07, 6.45) is 7.80. The molecule has 0 saturated heterocycles. The number of hydrogen-bond acceptors (Lipinski definition) is 4. The second-order valence-corrected chi connectivity index (χ2v) is 2.47. The van der Waals surface area contributed by atoms with E-state index >= 15 is 0 Å². The number of carbonyl (C=O) groups excluding carboxylic acids is 1. The summed E-state index contributed by atoms with van der Waals surface area (Å²) in [6, 6.07) is 0. The zero-order chi connectivity index (χ0) is 9.26. The van der Waals surface area contributed by atoms with Gasteiger partial charge in [0.15, 0.2) is 5.71 Å². The Balaban J connectivity index is 2.39. The molecule has 66 valence electrons. The predicted octanol–water partition coefficient (Wildman–Crippen LogP) is 0.0423. The average molecular weight is 177 g/mol. The molecule has 0 unspecified atom stereocenters. The molecule has 0 spiro atoms. The maximum atomic E-state index is 10.9. The molecule has 0 aromatic heterocycles. The Labute approximate surface area is 74.5 Å². The minimum absolute atomic E-state index is 0.201. The van der Waals surface area contributed by atoms with Gasteiger partial charge in [-0.05, 0) is 0 Å². The normalized spacial score (nSPS) is 18.6. The molecular formula is C8H7N3O2. The Morgan fingerprint density at radius 2 is 2.38 bits per heavy atom. The molecule has 0 saturated carbocycles. The lowest BCUT2D eigenvalue weighted by Gasteiger charge is -2.23. The number of primary amides is 1. The number of nitrogens with two attached hydrogens (primary N) is 1. The van der Waals surface area contributed by atoms with E-state index in [0.29, 0.717) is 5.70 Å². The summed E-state index contributed by atoms with van der Waals surface area (Å²) >= 11 is 0. The van der Waals surface area contributed by atoms with Gasteiger partial charge in [0.25, 0.3) is 5.91 Å². The van der Waals surface area contributed by atoms with E-state index in [9.17, 15) is 4.79 Å². The smallest absolute Gasteiger partial charge is 0.269 e. The molecule has 0 bridgehead atoms. The highest BCUT2D eigenvalue weighted by Crippen LogP contribution is 2.17. The fourth-order valence-corrected chi connectivity index (χ4v) is 1.09. The van der Waals surface area contributed by atoms with Crippen LogP contribution in [0.5, 0.6) is 0 Å². The van der Waals surface area contributed by atoms with Crippen LogP contribution >= 0.6 is 0 Å². The molecule has 1 amide bonds. The van der Waals surface area contributed by atoms with E-state index in [1.807, 2.05) is 0 Å². The average Bonchev–Trinajstić information content (AvgIpc) is 2.17. The molecule has 2 rings (SSSR count). The lowest BCUT2D eigenvalue weighted by Crippen LogP contribution is -2.32. The van der Waals surface area contributed by atoms with Crippen LogP contribution in [0, 0.1) is 0 Å². The lowest BCUT2D eigenvalue weighted by atomic mass is 10.2. The van der Waals surface area contributed by atoms with Crippen molar-refractivity contribution in [2.24, 2.45) is 10.7 Å². The van der Waals surface area contributed by atoms with Gasteiger partial charge in [-0.3, -0.25) is 4.79 Å². The molecule has 2 N–H and O–H groups in total. The Morgan fingerprint density at radius 1 is 1.54 bits per heavy atom. The Kier molecular flexibility index (Phi) is 1.63. The molecule has 0 fully saturated rings. The van der Waals surface area contributed by atoms with Gasteiger partial charge in [-0.15, -0.1) is 0 Å². The number of fused-ring (bicyclic) bond motifs is 1. The van der Waals surface area contributed by atoms with Crippen LogP contribution in [0.25, 0.3) is 0 Å². The van der Waals surface area contributed by atoms with Gasteiger partial charge >= 0.3 is 0 Å². The van der Waals surface area contributed by atoms with Gasteiger partial charge in [-0.25, -0.2) is 4.99 Å². The number of hydrogen-bond donors (Lipinski definition) is 1. The van der Waals surface area contributed by atoms with Gasteiger partial charge in [-0.2, -0.15) is 0 Å². The minimum Gasteiger partial charge on any atom is -0.469 e. The quantitative estimate of drug-likeness (QED) is 0.615. The second-order valence-electron chi connectivity index (χ2n) is 2.47. The third-order valence-corrected chi connectivity index (χ3v) is 1.66. The molecule has 2 aliphatic rings. The first-order chi connectivity index (χ1) is 6.29. The van der Waals surface area contributed by atoms with Crippen molar-refractivity contribution in [1.82, 2.24) is 4.90 Å². The minimum atomic E-state index is -0.570. The zero-order valence-electron chi connectivity index (χ0n) is 6.68. The van der Waals surface area contributed by atoms with Crippen LogP contribution in [-0.4, -0.2) is 16.5 Å². The molecule has 5 nitrogen and oxygen atoms in total. The zero-order valence-corrected chi connectivity index (χ0v) is 6.68. The van der Waals surface area contributed by atoms with Gasteiger partial charge in [-0.1, -0.05) is 0 Å².